The van der Waals surface area contributed by atoms with Crippen LogP contribution >= 0.6 is 0 Å². The summed E-state index contributed by atoms with van der Waals surface area (Å²) in [5, 5.41) is 0. The van der Waals surface area contributed by atoms with Crippen LogP contribution in [-0.2, 0) is 6.54 Å². The molecule has 14 heavy (non-hydrogen) atoms. The number of ether oxygens (including phenoxy) is 1. The molecule has 1 heterocycles. The van der Waals surface area contributed by atoms with E-state index >= 15 is 0 Å². The van der Waals surface area contributed by atoms with Crippen LogP contribution in [0.1, 0.15) is 32.2 Å². The molecule has 2 N–H and O–H groups in total. The molecule has 1 aromatic heterocycles. The Balaban J connectivity index is 2.92. The van der Waals surface area contributed by atoms with Gasteiger partial charge < -0.3 is 10.5 Å². The van der Waals surface area contributed by atoms with Crippen LogP contribution in [0.3, 0.4) is 0 Å². The lowest BCUT2D eigenvalue weighted by atomic mass is 10.2. The Labute approximate surface area is 84.5 Å². The second-order valence-corrected chi connectivity index (χ2v) is 4.20. The molecule has 1 rings (SSSR count). The lowest BCUT2D eigenvalue weighted by Crippen LogP contribution is -2.24. The normalized spacial score (nSPS) is 11.5. The highest BCUT2D eigenvalue weighted by Gasteiger charge is 2.14. The molecule has 0 spiro atoms. The highest BCUT2D eigenvalue weighted by atomic mass is 16.5. The molecule has 0 fully saturated rings. The minimum Gasteiger partial charge on any atom is -0.458 e. The van der Waals surface area contributed by atoms with Gasteiger partial charge in [0.1, 0.15) is 5.60 Å². The minimum atomic E-state index is -0.278. The van der Waals surface area contributed by atoms with Gasteiger partial charge in [-0.25, -0.2) is 4.98 Å². The van der Waals surface area contributed by atoms with Crippen LogP contribution in [0.15, 0.2) is 6.07 Å². The third kappa shape index (κ3) is 3.30. The molecule has 0 aliphatic rings. The standard InChI is InChI=1S/C10H17N3O/c1-7-5-8(6-11)13-9(12-7)14-10(2,3)4/h5H,6,11H2,1-4H3. The molecule has 78 valence electrons. The summed E-state index contributed by atoms with van der Waals surface area (Å²) in [6.07, 6.45) is 0. The Morgan fingerprint density at radius 2 is 2.00 bits per heavy atom. The van der Waals surface area contributed by atoms with E-state index < -0.39 is 0 Å². The average Bonchev–Trinajstić information content (AvgIpc) is 1.99. The second-order valence-electron chi connectivity index (χ2n) is 4.20. The van der Waals surface area contributed by atoms with Gasteiger partial charge in [0.25, 0.3) is 0 Å². The summed E-state index contributed by atoms with van der Waals surface area (Å²) < 4.78 is 5.55. The summed E-state index contributed by atoms with van der Waals surface area (Å²) in [5.74, 6) is 0. The van der Waals surface area contributed by atoms with E-state index in [0.717, 1.165) is 11.4 Å². The molecule has 0 aliphatic heterocycles. The molecule has 0 saturated carbocycles. The van der Waals surface area contributed by atoms with E-state index in [-0.39, 0.29) is 5.60 Å². The van der Waals surface area contributed by atoms with E-state index in [0.29, 0.717) is 12.6 Å². The smallest absolute Gasteiger partial charge is 0.317 e. The summed E-state index contributed by atoms with van der Waals surface area (Å²) in [7, 11) is 0. The number of hydrogen-bond donors (Lipinski definition) is 1. The first-order chi connectivity index (χ1) is 6.40. The number of nitrogens with two attached hydrogens (primary N) is 1. The molecular formula is C10H17N3O. The highest BCUT2D eigenvalue weighted by molar-refractivity contribution is 5.12. The van der Waals surface area contributed by atoms with E-state index in [2.05, 4.69) is 9.97 Å². The van der Waals surface area contributed by atoms with Crippen molar-refractivity contribution in [3.8, 4) is 6.01 Å². The fourth-order valence-electron chi connectivity index (χ4n) is 1.03. The number of rotatable bonds is 2. The average molecular weight is 195 g/mol. The fourth-order valence-corrected chi connectivity index (χ4v) is 1.03. The van der Waals surface area contributed by atoms with Crippen LogP contribution in [0.5, 0.6) is 6.01 Å². The predicted molar refractivity (Wildman–Crippen MR) is 55.0 cm³/mol. The first kappa shape index (κ1) is 10.9. The number of hydrogen-bond acceptors (Lipinski definition) is 4. The lowest BCUT2D eigenvalue weighted by Gasteiger charge is -2.19. The van der Waals surface area contributed by atoms with Gasteiger partial charge in [0, 0.05) is 12.2 Å². The van der Waals surface area contributed by atoms with E-state index in [1.54, 1.807) is 0 Å². The summed E-state index contributed by atoms with van der Waals surface area (Å²) in [6, 6.07) is 2.26. The molecular weight excluding hydrogens is 178 g/mol. The molecule has 0 aromatic carbocycles. The molecule has 4 nitrogen and oxygen atoms in total. The Hall–Kier alpha value is -1.16. The van der Waals surface area contributed by atoms with Crippen molar-refractivity contribution >= 4 is 0 Å². The molecule has 4 heteroatoms. The first-order valence-electron chi connectivity index (χ1n) is 4.64. The number of aryl methyl sites for hydroxylation is 1. The van der Waals surface area contributed by atoms with Crippen molar-refractivity contribution in [2.75, 3.05) is 0 Å². The molecule has 0 atom stereocenters. The van der Waals surface area contributed by atoms with E-state index in [9.17, 15) is 0 Å². The Morgan fingerprint density at radius 3 is 2.50 bits per heavy atom. The summed E-state index contributed by atoms with van der Waals surface area (Å²) in [4.78, 5) is 8.36. The molecule has 1 aromatic rings. The van der Waals surface area contributed by atoms with Crippen LogP contribution in [0.4, 0.5) is 0 Å². The van der Waals surface area contributed by atoms with Gasteiger partial charge in [0.15, 0.2) is 0 Å². The second kappa shape index (κ2) is 3.92. The van der Waals surface area contributed by atoms with Crippen molar-refractivity contribution in [1.82, 2.24) is 9.97 Å². The number of aromatic nitrogens is 2. The monoisotopic (exact) mass is 195 g/mol. The van der Waals surface area contributed by atoms with Crippen molar-refractivity contribution in [2.45, 2.75) is 39.8 Å². The van der Waals surface area contributed by atoms with Crippen LogP contribution in [0, 0.1) is 6.92 Å². The van der Waals surface area contributed by atoms with Crippen LogP contribution in [-0.4, -0.2) is 15.6 Å². The largest absolute Gasteiger partial charge is 0.458 e. The molecule has 0 radical (unpaired) electrons. The van der Waals surface area contributed by atoms with E-state index in [1.807, 2.05) is 33.8 Å². The molecule has 0 amide bonds. The highest BCUT2D eigenvalue weighted by Crippen LogP contribution is 2.13. The minimum absolute atomic E-state index is 0.278. The van der Waals surface area contributed by atoms with Crippen molar-refractivity contribution in [1.29, 1.82) is 0 Å². The topological polar surface area (TPSA) is 61.0 Å². The van der Waals surface area contributed by atoms with Gasteiger partial charge in [-0.05, 0) is 33.8 Å². The molecule has 0 bridgehead atoms. The fraction of sp³-hybridized carbons (Fsp3) is 0.600. The zero-order valence-electron chi connectivity index (χ0n) is 9.16. The number of nitrogens with zero attached hydrogens (tertiary/aromatic N) is 2. The Morgan fingerprint density at radius 1 is 1.36 bits per heavy atom. The zero-order chi connectivity index (χ0) is 10.8. The Bertz CT molecular complexity index is 318. The Kier molecular flexibility index (Phi) is 3.06. The maximum absolute atomic E-state index is 5.55. The van der Waals surface area contributed by atoms with Crippen LogP contribution in [0.25, 0.3) is 0 Å². The molecule has 0 saturated heterocycles. The van der Waals surface area contributed by atoms with Gasteiger partial charge in [-0.15, -0.1) is 0 Å². The first-order valence-corrected chi connectivity index (χ1v) is 4.64. The summed E-state index contributed by atoms with van der Waals surface area (Å²) >= 11 is 0. The van der Waals surface area contributed by atoms with E-state index in [4.69, 9.17) is 10.5 Å². The summed E-state index contributed by atoms with van der Waals surface area (Å²) in [6.45, 7) is 8.18. The van der Waals surface area contributed by atoms with Gasteiger partial charge in [-0.2, -0.15) is 4.98 Å². The summed E-state index contributed by atoms with van der Waals surface area (Å²) in [5.41, 5.74) is 6.90. The van der Waals surface area contributed by atoms with Gasteiger partial charge in [-0.3, -0.25) is 0 Å². The van der Waals surface area contributed by atoms with Gasteiger partial charge >= 0.3 is 6.01 Å². The van der Waals surface area contributed by atoms with Crippen LogP contribution < -0.4 is 10.5 Å². The SMILES string of the molecule is Cc1cc(CN)nc(OC(C)(C)C)n1. The quantitative estimate of drug-likeness (QED) is 0.775. The lowest BCUT2D eigenvalue weighted by molar-refractivity contribution is 0.116. The van der Waals surface area contributed by atoms with Crippen molar-refractivity contribution in [3.05, 3.63) is 17.5 Å². The third-order valence-electron chi connectivity index (χ3n) is 1.49. The van der Waals surface area contributed by atoms with Crippen molar-refractivity contribution in [3.63, 3.8) is 0 Å². The predicted octanol–water partition coefficient (Wildman–Crippen LogP) is 1.42. The van der Waals surface area contributed by atoms with Gasteiger partial charge in [0.2, 0.25) is 0 Å². The van der Waals surface area contributed by atoms with Crippen LogP contribution in [0.2, 0.25) is 0 Å². The van der Waals surface area contributed by atoms with Crippen molar-refractivity contribution in [2.24, 2.45) is 5.73 Å². The van der Waals surface area contributed by atoms with Crippen molar-refractivity contribution < 1.29 is 4.74 Å². The maximum atomic E-state index is 5.55. The maximum Gasteiger partial charge on any atom is 0.317 e. The third-order valence-corrected chi connectivity index (χ3v) is 1.49. The van der Waals surface area contributed by atoms with E-state index in [1.165, 1.54) is 0 Å². The zero-order valence-corrected chi connectivity index (χ0v) is 9.16. The molecule has 0 unspecified atom stereocenters. The molecule has 0 aliphatic carbocycles. The van der Waals surface area contributed by atoms with Gasteiger partial charge in [0.05, 0.1) is 5.69 Å². The van der Waals surface area contributed by atoms with Gasteiger partial charge in [-0.1, -0.05) is 0 Å².